The van der Waals surface area contributed by atoms with E-state index in [1.165, 1.54) is 0 Å². The molecule has 1 aliphatic heterocycles. The molecule has 1 aliphatic rings. The number of hydrogen-bond acceptors (Lipinski definition) is 7. The summed E-state index contributed by atoms with van der Waals surface area (Å²) >= 11 is 0. The van der Waals surface area contributed by atoms with Crippen molar-refractivity contribution >= 4 is 58.9 Å². The Bertz CT molecular complexity index is 1780. The van der Waals surface area contributed by atoms with Gasteiger partial charge in [-0.05, 0) is 87.8 Å². The number of aryl methyl sites for hydroxylation is 2. The third-order valence-corrected chi connectivity index (χ3v) is 8.30. The van der Waals surface area contributed by atoms with Crippen molar-refractivity contribution in [1.82, 2.24) is 14.9 Å². The average molecular weight is 685 g/mol. The molecule has 0 saturated carbocycles. The lowest BCUT2D eigenvalue weighted by Crippen LogP contribution is -2.47. The fraction of sp³-hybridized carbons (Fsp3) is 0.371. The van der Waals surface area contributed by atoms with E-state index in [0.717, 1.165) is 40.9 Å². The quantitative estimate of drug-likeness (QED) is 0.157. The van der Waals surface area contributed by atoms with Crippen LogP contribution in [0.2, 0.25) is 0 Å². The number of benzene rings is 2. The molecule has 0 bridgehead atoms. The van der Waals surface area contributed by atoms with E-state index < -0.39 is 5.41 Å². The second-order valence-electron chi connectivity index (χ2n) is 11.7. The zero-order valence-electron chi connectivity index (χ0n) is 27.4. The van der Waals surface area contributed by atoms with Crippen LogP contribution < -0.4 is 30.1 Å². The summed E-state index contributed by atoms with van der Waals surface area (Å²) in [5.74, 6) is 0.962. The molecule has 0 radical (unpaired) electrons. The van der Waals surface area contributed by atoms with Crippen LogP contribution in [0, 0.1) is 5.41 Å². The molecule has 12 heteroatoms. The molecule has 0 atom stereocenters. The Balaban J connectivity index is 0.00000300. The predicted molar refractivity (Wildman–Crippen MR) is 191 cm³/mol. The van der Waals surface area contributed by atoms with E-state index in [0.29, 0.717) is 49.8 Å². The average Bonchev–Trinajstić information content (AvgIpc) is 3.10. The zero-order valence-corrected chi connectivity index (χ0v) is 29.1. The van der Waals surface area contributed by atoms with Crippen LogP contribution in [-0.4, -0.2) is 55.2 Å². The lowest BCUT2D eigenvalue weighted by molar-refractivity contribution is -0.137. The first-order valence-corrected chi connectivity index (χ1v) is 15.3. The summed E-state index contributed by atoms with van der Waals surface area (Å²) in [6.07, 6.45) is 3.22. The highest BCUT2D eigenvalue weighted by Crippen LogP contribution is 2.40. The van der Waals surface area contributed by atoms with Crippen LogP contribution in [0.4, 0.5) is 11.4 Å². The van der Waals surface area contributed by atoms with Gasteiger partial charge in [-0.25, -0.2) is 0 Å². The SMILES string of the molecule is CCN1C(=O)C(C)(C)C(=O)N(C)c2cc(OCCCNCc3ccnc(CCn4c(=O)ccc5cc(OC)ccc54)c3)ccc21.Cl.Cl. The molecular formula is C35H43Cl2N5O5. The molecule has 0 spiro atoms. The molecule has 1 N–H and O–H groups in total. The smallest absolute Gasteiger partial charge is 0.251 e. The van der Waals surface area contributed by atoms with Crippen molar-refractivity contribution in [3.63, 3.8) is 0 Å². The second kappa shape index (κ2) is 16.1. The zero-order chi connectivity index (χ0) is 32.1. The molecule has 2 amide bonds. The highest BCUT2D eigenvalue weighted by Gasteiger charge is 2.45. The van der Waals surface area contributed by atoms with E-state index in [-0.39, 0.29) is 42.2 Å². The van der Waals surface area contributed by atoms with Crippen molar-refractivity contribution in [1.29, 1.82) is 0 Å². The Hall–Kier alpha value is -4.12. The fourth-order valence-electron chi connectivity index (χ4n) is 5.73. The maximum atomic E-state index is 13.1. The number of nitrogens with zero attached hydrogens (tertiary/aromatic N) is 4. The molecule has 0 aliphatic carbocycles. The number of halogens is 2. The van der Waals surface area contributed by atoms with E-state index in [1.54, 1.807) is 54.6 Å². The number of ether oxygens (including phenoxy) is 2. The highest BCUT2D eigenvalue weighted by atomic mass is 35.5. The molecule has 10 nitrogen and oxygen atoms in total. The topological polar surface area (TPSA) is 106 Å². The number of methoxy groups -OCH3 is 1. The van der Waals surface area contributed by atoms with Gasteiger partial charge in [0, 0.05) is 62.5 Å². The van der Waals surface area contributed by atoms with Crippen molar-refractivity contribution in [2.45, 2.75) is 46.7 Å². The first-order chi connectivity index (χ1) is 21.6. The highest BCUT2D eigenvalue weighted by molar-refractivity contribution is 6.20. The summed E-state index contributed by atoms with van der Waals surface area (Å²) in [7, 11) is 3.33. The van der Waals surface area contributed by atoms with Gasteiger partial charge in [-0.3, -0.25) is 19.4 Å². The van der Waals surface area contributed by atoms with Gasteiger partial charge in [-0.2, -0.15) is 0 Å². The molecule has 0 saturated heterocycles. The van der Waals surface area contributed by atoms with Crippen molar-refractivity contribution in [2.24, 2.45) is 5.41 Å². The van der Waals surface area contributed by atoms with Crippen LogP contribution >= 0.6 is 24.8 Å². The van der Waals surface area contributed by atoms with E-state index in [4.69, 9.17) is 9.47 Å². The van der Waals surface area contributed by atoms with E-state index >= 15 is 0 Å². The molecule has 2 aromatic heterocycles. The van der Waals surface area contributed by atoms with E-state index in [2.05, 4.69) is 16.4 Å². The number of anilines is 2. The number of carbonyl (C=O) groups excluding carboxylic acids is 2. The minimum absolute atomic E-state index is 0. The summed E-state index contributed by atoms with van der Waals surface area (Å²) in [6.45, 7) is 8.19. The van der Waals surface area contributed by atoms with Gasteiger partial charge in [0.05, 0.1) is 30.6 Å². The monoisotopic (exact) mass is 683 g/mol. The first-order valence-electron chi connectivity index (χ1n) is 15.3. The molecule has 3 heterocycles. The van der Waals surface area contributed by atoms with Gasteiger partial charge in [-0.15, -0.1) is 24.8 Å². The van der Waals surface area contributed by atoms with Crippen LogP contribution in [0.15, 0.2) is 71.7 Å². The Morgan fingerprint density at radius 2 is 1.66 bits per heavy atom. The summed E-state index contributed by atoms with van der Waals surface area (Å²) in [5.41, 5.74) is 3.10. The van der Waals surface area contributed by atoms with Gasteiger partial charge in [0.2, 0.25) is 11.8 Å². The van der Waals surface area contributed by atoms with Gasteiger partial charge in [-0.1, -0.05) is 0 Å². The van der Waals surface area contributed by atoms with Gasteiger partial charge in [0.25, 0.3) is 5.56 Å². The number of rotatable bonds is 12. The number of carbonyl (C=O) groups is 2. The Labute approximate surface area is 287 Å². The molecule has 4 aromatic rings. The fourth-order valence-corrected chi connectivity index (χ4v) is 5.73. The number of pyridine rings is 2. The normalized spacial score (nSPS) is 13.8. The number of nitrogens with one attached hydrogen (secondary N) is 1. The molecule has 252 valence electrons. The third-order valence-electron chi connectivity index (χ3n) is 8.30. The van der Waals surface area contributed by atoms with Crippen LogP contribution in [0.3, 0.4) is 0 Å². The largest absolute Gasteiger partial charge is 0.497 e. The lowest BCUT2D eigenvalue weighted by atomic mass is 9.90. The van der Waals surface area contributed by atoms with Gasteiger partial charge < -0.3 is 29.2 Å². The van der Waals surface area contributed by atoms with Gasteiger partial charge >= 0.3 is 0 Å². The van der Waals surface area contributed by atoms with Crippen molar-refractivity contribution < 1.29 is 19.1 Å². The standard InChI is InChI=1S/C35H41N5O5.2ClH/c1-6-39-30-12-10-28(22-31(30)38(4)33(42)35(2,3)34(39)43)45-19-7-16-36-23-24-14-17-37-26(20-24)15-18-40-29-11-9-27(44-5)21-25(29)8-13-32(40)41;;/h8-14,17,20-22,36H,6-7,15-16,18-19,23H2,1-5H3;2*1H. The minimum atomic E-state index is -1.14. The Morgan fingerprint density at radius 3 is 2.40 bits per heavy atom. The first kappa shape index (κ1) is 37.3. The number of amides is 2. The Kier molecular flexibility index (Phi) is 12.8. The van der Waals surface area contributed by atoms with Crippen LogP contribution in [0.1, 0.15) is 38.4 Å². The maximum absolute atomic E-state index is 13.1. The summed E-state index contributed by atoms with van der Waals surface area (Å²) in [4.78, 5) is 46.5. The molecule has 2 aromatic carbocycles. The van der Waals surface area contributed by atoms with Gasteiger partial charge in [0.15, 0.2) is 0 Å². The van der Waals surface area contributed by atoms with Gasteiger partial charge in [0.1, 0.15) is 16.9 Å². The van der Waals surface area contributed by atoms with Crippen molar-refractivity contribution in [3.8, 4) is 11.5 Å². The number of fused-ring (bicyclic) bond motifs is 2. The van der Waals surface area contributed by atoms with Crippen molar-refractivity contribution in [2.75, 3.05) is 43.7 Å². The number of aromatic nitrogens is 2. The molecule has 5 rings (SSSR count). The summed E-state index contributed by atoms with van der Waals surface area (Å²) in [6, 6.07) is 18.7. The third kappa shape index (κ3) is 8.06. The van der Waals surface area contributed by atoms with E-state index in [1.807, 2.05) is 55.5 Å². The number of hydrogen-bond donors (Lipinski definition) is 1. The predicted octanol–water partition coefficient (Wildman–Crippen LogP) is 5.41. The second-order valence-corrected chi connectivity index (χ2v) is 11.7. The Morgan fingerprint density at radius 1 is 0.894 bits per heavy atom. The van der Waals surface area contributed by atoms with Crippen LogP contribution in [-0.2, 0) is 29.1 Å². The minimum Gasteiger partial charge on any atom is -0.497 e. The van der Waals surface area contributed by atoms with Crippen LogP contribution in [0.25, 0.3) is 10.9 Å². The van der Waals surface area contributed by atoms with Crippen LogP contribution in [0.5, 0.6) is 11.5 Å². The summed E-state index contributed by atoms with van der Waals surface area (Å²) < 4.78 is 13.1. The van der Waals surface area contributed by atoms with Crippen molar-refractivity contribution in [3.05, 3.63) is 88.5 Å². The van der Waals surface area contributed by atoms with E-state index in [9.17, 15) is 14.4 Å². The summed E-state index contributed by atoms with van der Waals surface area (Å²) in [5, 5.41) is 4.42. The molecular weight excluding hydrogens is 641 g/mol. The maximum Gasteiger partial charge on any atom is 0.251 e. The molecule has 0 unspecified atom stereocenters. The lowest BCUT2D eigenvalue weighted by Gasteiger charge is -2.27. The molecule has 0 fully saturated rings. The molecule has 47 heavy (non-hydrogen) atoms.